The van der Waals surface area contributed by atoms with Crippen LogP contribution in [0, 0.1) is 5.92 Å². The molecule has 0 fully saturated rings. The Labute approximate surface area is 142 Å². The van der Waals surface area contributed by atoms with Crippen molar-refractivity contribution in [3.8, 4) is 11.5 Å². The number of ether oxygens (including phenoxy) is 1. The summed E-state index contributed by atoms with van der Waals surface area (Å²) in [5.41, 5.74) is 3.83. The first kappa shape index (κ1) is 16.4. The highest BCUT2D eigenvalue weighted by Crippen LogP contribution is 2.53. The highest BCUT2D eigenvalue weighted by molar-refractivity contribution is 6.25. The average molecular weight is 335 g/mol. The van der Waals surface area contributed by atoms with Crippen molar-refractivity contribution in [1.29, 1.82) is 0 Å². The number of aliphatic hydroxyl groups is 1. The summed E-state index contributed by atoms with van der Waals surface area (Å²) in [4.78, 5) is 0. The summed E-state index contributed by atoms with van der Waals surface area (Å²) in [6, 6.07) is 3.76. The van der Waals surface area contributed by atoms with Crippen molar-refractivity contribution in [2.24, 2.45) is 5.92 Å². The van der Waals surface area contributed by atoms with Crippen LogP contribution in [0.1, 0.15) is 44.2 Å². The Morgan fingerprint density at radius 1 is 1.39 bits per heavy atom. The van der Waals surface area contributed by atoms with E-state index in [0.717, 1.165) is 22.4 Å². The van der Waals surface area contributed by atoms with Crippen LogP contribution >= 0.6 is 11.6 Å². The monoisotopic (exact) mass is 334 g/mol. The van der Waals surface area contributed by atoms with E-state index < -0.39 is 11.7 Å². The van der Waals surface area contributed by atoms with E-state index in [0.29, 0.717) is 12.8 Å². The Morgan fingerprint density at radius 3 is 2.83 bits per heavy atom. The summed E-state index contributed by atoms with van der Waals surface area (Å²) in [5.74, 6) is 1.18. The fourth-order valence-corrected chi connectivity index (χ4v) is 3.92. The molecule has 2 aliphatic rings. The number of hydrogen-bond acceptors (Lipinski definition) is 3. The van der Waals surface area contributed by atoms with Gasteiger partial charge >= 0.3 is 0 Å². The van der Waals surface area contributed by atoms with E-state index in [9.17, 15) is 10.2 Å². The number of benzene rings is 1. The molecule has 4 heteroatoms. The average Bonchev–Trinajstić information content (AvgIpc) is 2.46. The third-order valence-electron chi connectivity index (χ3n) is 5.10. The lowest BCUT2D eigenvalue weighted by Crippen LogP contribution is -2.47. The van der Waals surface area contributed by atoms with Gasteiger partial charge in [-0.3, -0.25) is 0 Å². The van der Waals surface area contributed by atoms with Crippen molar-refractivity contribution >= 4 is 11.6 Å². The van der Waals surface area contributed by atoms with Crippen LogP contribution in [0.2, 0.25) is 0 Å². The molecule has 23 heavy (non-hydrogen) atoms. The van der Waals surface area contributed by atoms with Crippen molar-refractivity contribution in [2.45, 2.75) is 51.2 Å². The Hall–Kier alpha value is -1.45. The summed E-state index contributed by atoms with van der Waals surface area (Å²) in [6.07, 6.45) is 4.78. The Balaban J connectivity index is 2.11. The van der Waals surface area contributed by atoms with E-state index in [4.69, 9.17) is 16.3 Å². The molecule has 1 aliphatic heterocycles. The number of phenolic OH excluding ortho intramolecular Hbond substituents is 1. The number of aromatic hydroxyl groups is 1. The number of phenols is 1. The number of fused-ring (bicyclic) bond motifs is 3. The van der Waals surface area contributed by atoms with Crippen LogP contribution in [0.25, 0.3) is 0 Å². The minimum absolute atomic E-state index is 0.0646. The Bertz CT molecular complexity index is 675. The summed E-state index contributed by atoms with van der Waals surface area (Å²) in [5, 5.41) is 20.8. The maximum Gasteiger partial charge on any atom is 0.127 e. The first-order valence-corrected chi connectivity index (χ1v) is 8.43. The van der Waals surface area contributed by atoms with Gasteiger partial charge in [0.2, 0.25) is 0 Å². The normalized spacial score (nSPS) is 28.7. The lowest BCUT2D eigenvalue weighted by atomic mass is 9.67. The summed E-state index contributed by atoms with van der Waals surface area (Å²) in [7, 11) is 0. The zero-order valence-corrected chi connectivity index (χ0v) is 14.5. The molecule has 0 radical (unpaired) electrons. The molecular formula is C19H23ClO3. The first-order chi connectivity index (χ1) is 10.8. The molecule has 0 bridgehead atoms. The molecule has 3 rings (SSSR count). The molecule has 0 saturated carbocycles. The molecule has 0 amide bonds. The Kier molecular flexibility index (Phi) is 4.19. The molecule has 2 N–H and O–H groups in total. The van der Waals surface area contributed by atoms with Crippen LogP contribution in [0.15, 0.2) is 35.4 Å². The first-order valence-electron chi connectivity index (χ1n) is 8.00. The second-order valence-electron chi connectivity index (χ2n) is 7.09. The lowest BCUT2D eigenvalue weighted by Gasteiger charge is -2.47. The van der Waals surface area contributed by atoms with Crippen molar-refractivity contribution in [3.05, 3.63) is 46.5 Å². The summed E-state index contributed by atoms with van der Waals surface area (Å²) >= 11 is 5.59. The minimum atomic E-state index is -0.434. The molecule has 1 heterocycles. The van der Waals surface area contributed by atoms with E-state index in [-0.39, 0.29) is 17.6 Å². The molecule has 0 aromatic heterocycles. The van der Waals surface area contributed by atoms with Crippen LogP contribution in [-0.2, 0) is 6.42 Å². The van der Waals surface area contributed by atoms with Gasteiger partial charge in [0.25, 0.3) is 0 Å². The van der Waals surface area contributed by atoms with Crippen LogP contribution in [0.5, 0.6) is 11.5 Å². The van der Waals surface area contributed by atoms with E-state index >= 15 is 0 Å². The molecule has 1 aromatic rings. The molecule has 0 saturated heterocycles. The van der Waals surface area contributed by atoms with Gasteiger partial charge in [-0.1, -0.05) is 23.8 Å². The van der Waals surface area contributed by atoms with E-state index in [1.807, 2.05) is 19.1 Å². The largest absolute Gasteiger partial charge is 0.507 e. The van der Waals surface area contributed by atoms with E-state index in [1.165, 1.54) is 5.54 Å². The van der Waals surface area contributed by atoms with Crippen LogP contribution < -0.4 is 4.74 Å². The number of rotatable bonds is 2. The predicted octanol–water partition coefficient (Wildman–Crippen LogP) is 4.27. The van der Waals surface area contributed by atoms with E-state index in [2.05, 4.69) is 19.9 Å². The van der Waals surface area contributed by atoms with Crippen LogP contribution in [0.4, 0.5) is 0 Å². The van der Waals surface area contributed by atoms with Crippen LogP contribution in [-0.4, -0.2) is 21.9 Å². The van der Waals surface area contributed by atoms with Gasteiger partial charge in [-0.05, 0) is 56.9 Å². The van der Waals surface area contributed by atoms with Gasteiger partial charge in [0.15, 0.2) is 0 Å². The molecule has 3 nitrogen and oxygen atoms in total. The van der Waals surface area contributed by atoms with Gasteiger partial charge in [-0.25, -0.2) is 0 Å². The summed E-state index contributed by atoms with van der Waals surface area (Å²) in [6.45, 7) is 6.05. The second kappa shape index (κ2) is 5.88. The maximum atomic E-state index is 10.6. The highest BCUT2D eigenvalue weighted by atomic mass is 35.5. The fourth-order valence-electron chi connectivity index (χ4n) is 3.83. The zero-order valence-electron chi connectivity index (χ0n) is 13.7. The molecule has 0 spiro atoms. The quantitative estimate of drug-likeness (QED) is 0.794. The molecule has 3 atom stereocenters. The van der Waals surface area contributed by atoms with Gasteiger partial charge in [0, 0.05) is 22.9 Å². The van der Waals surface area contributed by atoms with Crippen molar-refractivity contribution in [3.63, 3.8) is 0 Å². The van der Waals surface area contributed by atoms with Crippen LogP contribution in [0.3, 0.4) is 0 Å². The fraction of sp³-hybridized carbons (Fsp3) is 0.474. The zero-order chi connectivity index (χ0) is 16.8. The van der Waals surface area contributed by atoms with Gasteiger partial charge < -0.3 is 14.9 Å². The second-order valence-corrected chi connectivity index (χ2v) is 7.34. The van der Waals surface area contributed by atoms with Gasteiger partial charge in [0.05, 0.1) is 6.10 Å². The number of halogens is 1. The standard InChI is InChI=1S/C19H23ClO3/c1-11-7-13-14(10-15(11)21)19(2,3)23-17-9-12(5-4-6-20)8-16(22)18(13)17/h4,6-9,13-15,21-22H,5,10H2,1-3H3/b6-4+. The van der Waals surface area contributed by atoms with Gasteiger partial charge in [0.1, 0.15) is 17.1 Å². The molecule has 124 valence electrons. The lowest BCUT2D eigenvalue weighted by molar-refractivity contribution is -0.00918. The molecular weight excluding hydrogens is 312 g/mol. The third-order valence-corrected chi connectivity index (χ3v) is 5.28. The highest BCUT2D eigenvalue weighted by Gasteiger charge is 2.47. The molecule has 3 unspecified atom stereocenters. The number of allylic oxidation sites excluding steroid dienone is 2. The predicted molar refractivity (Wildman–Crippen MR) is 92.1 cm³/mol. The molecule has 1 aromatic carbocycles. The van der Waals surface area contributed by atoms with E-state index in [1.54, 1.807) is 6.07 Å². The number of hydrogen-bond donors (Lipinski definition) is 2. The van der Waals surface area contributed by atoms with Gasteiger partial charge in [-0.15, -0.1) is 0 Å². The van der Waals surface area contributed by atoms with Crippen molar-refractivity contribution in [2.75, 3.05) is 0 Å². The minimum Gasteiger partial charge on any atom is -0.507 e. The third kappa shape index (κ3) is 2.88. The maximum absolute atomic E-state index is 10.6. The SMILES string of the molecule is CC1=CC2c3c(O)cc(C/C=C/Cl)cc3OC(C)(C)C2CC1O. The number of aliphatic hydroxyl groups excluding tert-OH is 1. The van der Waals surface area contributed by atoms with Crippen molar-refractivity contribution in [1.82, 2.24) is 0 Å². The topological polar surface area (TPSA) is 49.7 Å². The van der Waals surface area contributed by atoms with Gasteiger partial charge in [-0.2, -0.15) is 0 Å². The molecule has 1 aliphatic carbocycles. The summed E-state index contributed by atoms with van der Waals surface area (Å²) < 4.78 is 6.22. The van der Waals surface area contributed by atoms with Crippen molar-refractivity contribution < 1.29 is 14.9 Å². The Morgan fingerprint density at radius 2 is 2.13 bits per heavy atom. The smallest absolute Gasteiger partial charge is 0.127 e.